The van der Waals surface area contributed by atoms with Crippen LogP contribution in [-0.4, -0.2) is 36.1 Å². The zero-order valence-electron chi connectivity index (χ0n) is 9.57. The summed E-state index contributed by atoms with van der Waals surface area (Å²) < 4.78 is 12.7. The second-order valence-corrected chi connectivity index (χ2v) is 4.45. The SMILES string of the molecule is CN(CCC(=O)O)CC(Cl)c1ccc(F)cc1. The van der Waals surface area contributed by atoms with Crippen LogP contribution in [-0.2, 0) is 4.79 Å². The van der Waals surface area contributed by atoms with E-state index >= 15 is 0 Å². The Labute approximate surface area is 105 Å². The predicted octanol–water partition coefficient (Wildman–Crippen LogP) is 2.51. The fourth-order valence-corrected chi connectivity index (χ4v) is 1.81. The van der Waals surface area contributed by atoms with Crippen LogP contribution in [0.4, 0.5) is 4.39 Å². The number of likely N-dealkylation sites (N-methyl/N-ethyl adjacent to an activating group) is 1. The minimum atomic E-state index is -0.829. The molecule has 0 fully saturated rings. The highest BCUT2D eigenvalue weighted by atomic mass is 35.5. The average Bonchev–Trinajstić information content (AvgIpc) is 2.27. The highest BCUT2D eigenvalue weighted by Gasteiger charge is 2.11. The van der Waals surface area contributed by atoms with Gasteiger partial charge in [0.2, 0.25) is 0 Å². The van der Waals surface area contributed by atoms with Gasteiger partial charge in [-0.3, -0.25) is 4.79 Å². The molecule has 0 aromatic heterocycles. The lowest BCUT2D eigenvalue weighted by Gasteiger charge is -2.19. The first-order valence-corrected chi connectivity index (χ1v) is 5.72. The predicted molar refractivity (Wildman–Crippen MR) is 64.7 cm³/mol. The summed E-state index contributed by atoms with van der Waals surface area (Å²) in [6.45, 7) is 0.972. The number of alkyl halides is 1. The van der Waals surface area contributed by atoms with E-state index in [0.717, 1.165) is 5.56 Å². The molecule has 1 aromatic rings. The lowest BCUT2D eigenvalue weighted by molar-refractivity contribution is -0.137. The van der Waals surface area contributed by atoms with Crippen molar-refractivity contribution in [1.82, 2.24) is 4.90 Å². The number of carbonyl (C=O) groups is 1. The molecule has 0 saturated heterocycles. The number of benzene rings is 1. The van der Waals surface area contributed by atoms with Crippen LogP contribution in [0.5, 0.6) is 0 Å². The van der Waals surface area contributed by atoms with Gasteiger partial charge in [0.25, 0.3) is 0 Å². The second-order valence-electron chi connectivity index (χ2n) is 3.93. The van der Waals surface area contributed by atoms with Crippen LogP contribution < -0.4 is 0 Å². The van der Waals surface area contributed by atoms with Gasteiger partial charge in [-0.1, -0.05) is 12.1 Å². The average molecular weight is 260 g/mol. The minimum absolute atomic E-state index is 0.0868. The highest BCUT2D eigenvalue weighted by Crippen LogP contribution is 2.21. The van der Waals surface area contributed by atoms with Crippen molar-refractivity contribution in [3.63, 3.8) is 0 Å². The Bertz CT molecular complexity index is 369. The monoisotopic (exact) mass is 259 g/mol. The van der Waals surface area contributed by atoms with Crippen molar-refractivity contribution in [2.24, 2.45) is 0 Å². The molecule has 0 aliphatic heterocycles. The number of nitrogens with zero attached hydrogens (tertiary/aromatic N) is 1. The van der Waals surface area contributed by atoms with E-state index in [1.165, 1.54) is 12.1 Å². The van der Waals surface area contributed by atoms with Gasteiger partial charge < -0.3 is 10.0 Å². The summed E-state index contributed by atoms with van der Waals surface area (Å²) >= 11 is 6.16. The van der Waals surface area contributed by atoms with Gasteiger partial charge in [0.05, 0.1) is 11.8 Å². The summed E-state index contributed by atoms with van der Waals surface area (Å²) in [4.78, 5) is 12.2. The number of halogens is 2. The number of carboxylic acids is 1. The molecule has 0 heterocycles. The van der Waals surface area contributed by atoms with E-state index in [0.29, 0.717) is 13.1 Å². The smallest absolute Gasteiger partial charge is 0.304 e. The second kappa shape index (κ2) is 6.57. The molecule has 1 N–H and O–H groups in total. The summed E-state index contributed by atoms with van der Waals surface area (Å²) in [5.41, 5.74) is 0.829. The van der Waals surface area contributed by atoms with Crippen molar-refractivity contribution in [2.75, 3.05) is 20.1 Å². The quantitative estimate of drug-likeness (QED) is 0.798. The third-order valence-corrected chi connectivity index (χ3v) is 2.80. The Balaban J connectivity index is 2.45. The van der Waals surface area contributed by atoms with Crippen molar-refractivity contribution in [3.05, 3.63) is 35.6 Å². The maximum Gasteiger partial charge on any atom is 0.304 e. The molecule has 1 aromatic carbocycles. The molecule has 0 spiro atoms. The highest BCUT2D eigenvalue weighted by molar-refractivity contribution is 6.21. The van der Waals surface area contributed by atoms with Crippen molar-refractivity contribution >= 4 is 17.6 Å². The Hall–Kier alpha value is -1.13. The van der Waals surface area contributed by atoms with Crippen molar-refractivity contribution in [2.45, 2.75) is 11.8 Å². The molecule has 0 bridgehead atoms. The molecule has 94 valence electrons. The van der Waals surface area contributed by atoms with E-state index in [1.54, 1.807) is 12.1 Å². The third kappa shape index (κ3) is 5.15. The first-order valence-electron chi connectivity index (χ1n) is 5.29. The molecular weight excluding hydrogens is 245 g/mol. The van der Waals surface area contributed by atoms with Crippen molar-refractivity contribution < 1.29 is 14.3 Å². The van der Waals surface area contributed by atoms with Crippen LogP contribution in [0.15, 0.2) is 24.3 Å². The van der Waals surface area contributed by atoms with Crippen molar-refractivity contribution in [1.29, 1.82) is 0 Å². The van der Waals surface area contributed by atoms with Crippen molar-refractivity contribution in [3.8, 4) is 0 Å². The van der Waals surface area contributed by atoms with Crippen LogP contribution in [0.2, 0.25) is 0 Å². The summed E-state index contributed by atoms with van der Waals surface area (Å²) in [6.07, 6.45) is 0.0868. The standard InChI is InChI=1S/C12H15ClFNO2/c1-15(7-6-12(16)17)8-11(13)9-2-4-10(14)5-3-9/h2-5,11H,6-8H2,1H3,(H,16,17). The van der Waals surface area contributed by atoms with Crippen LogP contribution >= 0.6 is 11.6 Å². The summed E-state index contributed by atoms with van der Waals surface area (Å²) in [5.74, 6) is -1.12. The van der Waals surface area contributed by atoms with Crippen LogP contribution in [0, 0.1) is 5.82 Å². The Morgan fingerprint density at radius 3 is 2.59 bits per heavy atom. The van der Waals surface area contributed by atoms with Gasteiger partial charge in [-0.25, -0.2) is 4.39 Å². The topological polar surface area (TPSA) is 40.5 Å². The first-order chi connectivity index (χ1) is 7.99. The Morgan fingerprint density at radius 2 is 2.06 bits per heavy atom. The molecule has 1 atom stereocenters. The van der Waals surface area contributed by atoms with E-state index in [2.05, 4.69) is 0 Å². The fourth-order valence-electron chi connectivity index (χ4n) is 1.43. The molecule has 5 heteroatoms. The van der Waals surface area contributed by atoms with E-state index in [9.17, 15) is 9.18 Å². The lowest BCUT2D eigenvalue weighted by atomic mass is 10.1. The summed E-state index contributed by atoms with van der Waals surface area (Å²) in [5, 5.41) is 8.27. The van der Waals surface area contributed by atoms with Crippen LogP contribution in [0.1, 0.15) is 17.4 Å². The number of hydrogen-bond acceptors (Lipinski definition) is 2. The van der Waals surface area contributed by atoms with Crippen LogP contribution in [0.25, 0.3) is 0 Å². The maximum absolute atomic E-state index is 12.7. The number of aliphatic carboxylic acids is 1. The van der Waals surface area contributed by atoms with E-state index in [-0.39, 0.29) is 17.6 Å². The molecule has 3 nitrogen and oxygen atoms in total. The fraction of sp³-hybridized carbons (Fsp3) is 0.417. The van der Waals surface area contributed by atoms with Gasteiger partial charge in [-0.05, 0) is 24.7 Å². The zero-order valence-corrected chi connectivity index (χ0v) is 10.3. The molecular formula is C12H15ClFNO2. The van der Waals surface area contributed by atoms with Gasteiger partial charge in [0, 0.05) is 13.1 Å². The largest absolute Gasteiger partial charge is 0.481 e. The van der Waals surface area contributed by atoms with Gasteiger partial charge in [0.1, 0.15) is 5.82 Å². The molecule has 0 amide bonds. The molecule has 1 unspecified atom stereocenters. The number of rotatable bonds is 6. The van der Waals surface area contributed by atoms with Gasteiger partial charge >= 0.3 is 5.97 Å². The first kappa shape index (κ1) is 13.9. The third-order valence-electron chi connectivity index (χ3n) is 2.41. The van der Waals surface area contributed by atoms with Crippen LogP contribution in [0.3, 0.4) is 0 Å². The molecule has 1 rings (SSSR count). The minimum Gasteiger partial charge on any atom is -0.481 e. The number of hydrogen-bond donors (Lipinski definition) is 1. The van der Waals surface area contributed by atoms with E-state index in [1.807, 2.05) is 11.9 Å². The maximum atomic E-state index is 12.7. The Morgan fingerprint density at radius 1 is 1.47 bits per heavy atom. The normalized spacial score (nSPS) is 12.7. The Kier molecular flexibility index (Phi) is 5.38. The summed E-state index contributed by atoms with van der Waals surface area (Å²) in [6, 6.07) is 6.00. The molecule has 0 saturated carbocycles. The summed E-state index contributed by atoms with van der Waals surface area (Å²) in [7, 11) is 1.81. The molecule has 0 radical (unpaired) electrons. The zero-order chi connectivity index (χ0) is 12.8. The van der Waals surface area contributed by atoms with Gasteiger partial charge in [-0.15, -0.1) is 11.6 Å². The van der Waals surface area contributed by atoms with Gasteiger partial charge in [-0.2, -0.15) is 0 Å². The molecule has 17 heavy (non-hydrogen) atoms. The lowest BCUT2D eigenvalue weighted by Crippen LogP contribution is -2.25. The van der Waals surface area contributed by atoms with E-state index < -0.39 is 5.97 Å². The molecule has 0 aliphatic rings. The molecule has 0 aliphatic carbocycles. The van der Waals surface area contributed by atoms with Gasteiger partial charge in [0.15, 0.2) is 0 Å². The number of carboxylic acid groups (broad SMARTS) is 1. The van der Waals surface area contributed by atoms with E-state index in [4.69, 9.17) is 16.7 Å².